The number of amides is 2. The zero-order valence-corrected chi connectivity index (χ0v) is 62.7. The molecular formula is C88H74BrCl5N4O8. The van der Waals surface area contributed by atoms with Crippen LogP contribution in [0.3, 0.4) is 0 Å². The minimum Gasteiger partial charge on any atom is -0.481 e. The predicted octanol–water partition coefficient (Wildman–Crippen LogP) is 21.2. The van der Waals surface area contributed by atoms with E-state index in [1.54, 1.807) is 89.8 Å². The summed E-state index contributed by atoms with van der Waals surface area (Å²) in [4.78, 5) is 85.4. The third kappa shape index (κ3) is 29.3. The van der Waals surface area contributed by atoms with Crippen LogP contribution in [0.2, 0.25) is 20.1 Å². The molecule has 0 aromatic heterocycles. The van der Waals surface area contributed by atoms with Crippen LogP contribution in [0.15, 0.2) is 340 Å². The topological polar surface area (TPSA) is 184 Å². The van der Waals surface area contributed by atoms with Crippen LogP contribution in [0.4, 0.5) is 22.7 Å². The average Bonchev–Trinajstić information content (AvgIpc) is 1.62. The molecule has 0 aliphatic carbocycles. The highest BCUT2D eigenvalue weighted by Crippen LogP contribution is 2.37. The van der Waals surface area contributed by atoms with Gasteiger partial charge in [0, 0.05) is 66.0 Å². The minimum atomic E-state index is -0.786. The molecule has 0 spiro atoms. The smallest absolute Gasteiger partial charge is 0.307 e. The van der Waals surface area contributed by atoms with Crippen LogP contribution >= 0.6 is 73.9 Å². The van der Waals surface area contributed by atoms with Crippen molar-refractivity contribution in [3.05, 3.63) is 404 Å². The highest BCUT2D eigenvalue weighted by atomic mass is 79.9. The molecular weight excluding hydrogens is 1500 g/mol. The Morgan fingerprint density at radius 1 is 0.425 bits per heavy atom. The van der Waals surface area contributed by atoms with Crippen LogP contribution in [-0.4, -0.2) is 70.4 Å². The van der Waals surface area contributed by atoms with Gasteiger partial charge in [-0.15, -0.1) is 0 Å². The Labute approximate surface area is 651 Å². The first-order chi connectivity index (χ1) is 51.3. The highest BCUT2D eigenvalue weighted by Gasteiger charge is 2.33. The minimum absolute atomic E-state index is 0.0166. The molecule has 2 amide bonds. The fourth-order valence-electron chi connectivity index (χ4n) is 10.0. The second-order valence-corrected chi connectivity index (χ2v) is 25.8. The lowest BCUT2D eigenvalue weighted by Gasteiger charge is -2.22. The molecule has 0 bridgehead atoms. The van der Waals surface area contributed by atoms with E-state index >= 15 is 0 Å². The third-order valence-corrected chi connectivity index (χ3v) is 17.0. The Kier molecular flexibility index (Phi) is 35.1. The Morgan fingerprint density at radius 3 is 1.20 bits per heavy atom. The number of alkyl halides is 1. The standard InChI is InChI=1S/C22H18ClNO2.C22H16ClNO.C14H12ClNO.C8H7BrO.C8H7ClO.C8H8O2.C6H6ClN/c23-19-11-13-20(14-12-19)24(16-21(25)18-9-5-2-6-10-18)22(26)15-17-7-3-1-4-8-17;23-18-11-13-19(14-12-18)24-15-20(16-7-3-1-4-8-16)21(22(24)25)17-9-5-2-6-10-17;15-12-6-8-13(9-7-12)16-10-14(17)11-4-2-1-3-5-11;9-6-8(10)7-4-2-1-3-5-7;2*9-8(10)6-7-4-2-1-3-5-7;7-5-1-3-6(8)4-2-5/h1-14H,15-16H2;1-14H,15H2;1-9,16H,10H2;2*1-5H,6H2;1-5H,6H2,(H,9,10);1-4H,8H2. The number of anilines is 4. The SMILES string of the molecule is Nc1ccc(Cl)cc1.O=C(CBr)c1ccccc1.O=C(CN(C(=O)Cc1ccccc1)c1ccc(Cl)cc1)c1ccccc1.O=C(CNc1ccc(Cl)cc1)c1ccccc1.O=C(Cl)Cc1ccccc1.O=C(O)Cc1ccccc1.O=C1C(c2ccccc2)=C(c2ccccc2)CN1c1ccc(Cl)cc1. The number of hydrogen-bond donors (Lipinski definition) is 3. The van der Waals surface area contributed by atoms with Gasteiger partial charge in [0.05, 0.1) is 43.4 Å². The average molecular weight is 1570 g/mol. The molecule has 0 saturated carbocycles. The van der Waals surface area contributed by atoms with Gasteiger partial charge in [0.15, 0.2) is 17.3 Å². The molecule has 12 nitrogen and oxygen atoms in total. The van der Waals surface area contributed by atoms with Gasteiger partial charge < -0.3 is 26.0 Å². The van der Waals surface area contributed by atoms with E-state index in [-0.39, 0.29) is 60.3 Å². The fourth-order valence-corrected chi connectivity index (χ4v) is 11.0. The summed E-state index contributed by atoms with van der Waals surface area (Å²) in [5, 5.41) is 14.2. The van der Waals surface area contributed by atoms with E-state index in [2.05, 4.69) is 33.4 Å². The molecule has 13 rings (SSSR count). The fraction of sp³-hybridized carbons (Fsp3) is 0.0795. The maximum atomic E-state index is 13.2. The first kappa shape index (κ1) is 82.3. The number of hydrogen-bond acceptors (Lipinski definition) is 9. The predicted molar refractivity (Wildman–Crippen MR) is 438 cm³/mol. The van der Waals surface area contributed by atoms with Crippen molar-refractivity contribution in [2.24, 2.45) is 0 Å². The highest BCUT2D eigenvalue weighted by molar-refractivity contribution is 9.09. The van der Waals surface area contributed by atoms with Crippen molar-refractivity contribution in [1.82, 2.24) is 0 Å². The molecule has 1 heterocycles. The summed E-state index contributed by atoms with van der Waals surface area (Å²) in [7, 11) is 0. The molecule has 4 N–H and O–H groups in total. The van der Waals surface area contributed by atoms with Crippen LogP contribution in [0, 0.1) is 0 Å². The van der Waals surface area contributed by atoms with Crippen molar-refractivity contribution in [2.45, 2.75) is 19.3 Å². The first-order valence-electron chi connectivity index (χ1n) is 33.1. The molecule has 0 atom stereocenters. The second-order valence-electron chi connectivity index (χ2n) is 23.1. The van der Waals surface area contributed by atoms with Crippen molar-refractivity contribution < 1.29 is 38.7 Å². The quantitative estimate of drug-likeness (QED) is 0.0305. The van der Waals surface area contributed by atoms with E-state index in [0.29, 0.717) is 50.2 Å². The van der Waals surface area contributed by atoms with E-state index in [9.17, 15) is 33.6 Å². The Bertz CT molecular complexity index is 4640. The Hall–Kier alpha value is -11.0. The van der Waals surface area contributed by atoms with E-state index in [1.807, 2.05) is 243 Å². The maximum Gasteiger partial charge on any atom is 0.307 e. The van der Waals surface area contributed by atoms with Crippen LogP contribution in [-0.2, 0) is 38.4 Å². The van der Waals surface area contributed by atoms with Gasteiger partial charge in [0.1, 0.15) is 0 Å². The number of carboxylic acids is 1. The molecule has 1 aliphatic rings. The molecule has 0 fully saturated rings. The third-order valence-electron chi connectivity index (χ3n) is 15.3. The van der Waals surface area contributed by atoms with Gasteiger partial charge in [-0.1, -0.05) is 305 Å². The number of carbonyl (C=O) groups excluding carboxylic acids is 6. The number of aliphatic carboxylic acids is 1. The van der Waals surface area contributed by atoms with Crippen LogP contribution in [0.25, 0.3) is 11.1 Å². The first-order valence-corrected chi connectivity index (χ1v) is 36.2. The van der Waals surface area contributed by atoms with Gasteiger partial charge in [0.2, 0.25) is 11.1 Å². The van der Waals surface area contributed by atoms with Crippen molar-refractivity contribution in [3.63, 3.8) is 0 Å². The van der Waals surface area contributed by atoms with Gasteiger partial charge in [-0.25, -0.2) is 0 Å². The molecule has 12 aromatic rings. The van der Waals surface area contributed by atoms with Crippen LogP contribution in [0.5, 0.6) is 0 Å². The zero-order chi connectivity index (χ0) is 75.8. The summed E-state index contributed by atoms with van der Waals surface area (Å²) in [5.41, 5.74) is 17.1. The molecule has 106 heavy (non-hydrogen) atoms. The van der Waals surface area contributed by atoms with Gasteiger partial charge in [-0.05, 0) is 142 Å². The number of nitrogen functional groups attached to an aromatic ring is 1. The van der Waals surface area contributed by atoms with E-state index < -0.39 is 5.97 Å². The zero-order valence-electron chi connectivity index (χ0n) is 57.3. The van der Waals surface area contributed by atoms with E-state index in [4.69, 9.17) is 68.8 Å². The lowest BCUT2D eigenvalue weighted by molar-refractivity contribution is -0.136. The lowest BCUT2D eigenvalue weighted by atomic mass is 9.97. The number of benzene rings is 12. The summed E-state index contributed by atoms with van der Waals surface area (Å²) in [6, 6.07) is 104. The largest absolute Gasteiger partial charge is 0.481 e. The summed E-state index contributed by atoms with van der Waals surface area (Å²) in [5.74, 6) is -0.815. The molecule has 536 valence electrons. The Balaban J connectivity index is 0.000000181. The lowest BCUT2D eigenvalue weighted by Crippen LogP contribution is -2.36. The number of ketones is 3. The molecule has 18 heteroatoms. The van der Waals surface area contributed by atoms with Crippen molar-refractivity contribution in [2.75, 3.05) is 45.8 Å². The number of Topliss-reactive ketones (excluding diaryl/α,β-unsaturated/α-hetero) is 3. The number of nitrogens with one attached hydrogen (secondary N) is 1. The number of carboxylic acid groups (broad SMARTS) is 1. The second kappa shape index (κ2) is 45.3. The number of carbonyl (C=O) groups is 7. The molecule has 0 saturated heterocycles. The van der Waals surface area contributed by atoms with Gasteiger partial charge in [0.25, 0.3) is 5.91 Å². The Morgan fingerprint density at radius 2 is 0.783 bits per heavy atom. The van der Waals surface area contributed by atoms with Gasteiger partial charge in [-0.2, -0.15) is 0 Å². The van der Waals surface area contributed by atoms with Gasteiger partial charge in [-0.3, -0.25) is 33.6 Å². The molecule has 12 aromatic carbocycles. The summed E-state index contributed by atoms with van der Waals surface area (Å²) >= 11 is 31.6. The number of rotatable bonds is 19. The van der Waals surface area contributed by atoms with Gasteiger partial charge >= 0.3 is 5.97 Å². The van der Waals surface area contributed by atoms with Crippen LogP contribution < -0.4 is 20.9 Å². The number of halogens is 6. The molecule has 0 radical (unpaired) electrons. The normalized spacial score (nSPS) is 10.8. The van der Waals surface area contributed by atoms with Crippen LogP contribution in [0.1, 0.15) is 58.9 Å². The molecule has 1 aliphatic heterocycles. The summed E-state index contributed by atoms with van der Waals surface area (Å²) in [6.07, 6.45) is 0.661. The van der Waals surface area contributed by atoms with Crippen molar-refractivity contribution >= 4 is 148 Å². The monoisotopic (exact) mass is 1570 g/mol. The number of nitrogens with zero attached hydrogens (tertiary/aromatic N) is 2. The van der Waals surface area contributed by atoms with E-state index in [0.717, 1.165) is 66.6 Å². The summed E-state index contributed by atoms with van der Waals surface area (Å²) in [6.45, 7) is 0.817. The maximum absolute atomic E-state index is 13.2. The van der Waals surface area contributed by atoms with Crippen molar-refractivity contribution in [3.8, 4) is 0 Å². The summed E-state index contributed by atoms with van der Waals surface area (Å²) < 4.78 is 0. The van der Waals surface area contributed by atoms with Crippen molar-refractivity contribution in [1.29, 1.82) is 0 Å². The number of nitrogens with two attached hydrogens (primary N) is 1. The molecule has 0 unspecified atom stereocenters. The van der Waals surface area contributed by atoms with E-state index in [1.165, 1.54) is 4.90 Å².